The van der Waals surface area contributed by atoms with Crippen LogP contribution in [-0.2, 0) is 20.0 Å². The average molecular weight is 250 g/mol. The van der Waals surface area contributed by atoms with E-state index in [2.05, 4.69) is 43.0 Å². The van der Waals surface area contributed by atoms with Crippen molar-refractivity contribution >= 4 is 4.82 Å². The van der Waals surface area contributed by atoms with Gasteiger partial charge in [0.2, 0.25) is 0 Å². The molecule has 0 N–H and O–H groups in total. The van der Waals surface area contributed by atoms with Crippen molar-refractivity contribution in [1.29, 1.82) is 0 Å². The summed E-state index contributed by atoms with van der Waals surface area (Å²) in [6, 6.07) is 0. The molecule has 2 rings (SSSR count). The van der Waals surface area contributed by atoms with Crippen molar-refractivity contribution in [3.05, 3.63) is 62.5 Å². The third-order valence-electron chi connectivity index (χ3n) is 1.94. The van der Waals surface area contributed by atoms with Crippen molar-refractivity contribution in [3.63, 3.8) is 0 Å². The molecule has 0 aromatic carbocycles. The summed E-state index contributed by atoms with van der Waals surface area (Å²) >= 11 is 1.75. The van der Waals surface area contributed by atoms with Gasteiger partial charge in [0.15, 0.2) is 0 Å². The summed E-state index contributed by atoms with van der Waals surface area (Å²) in [5, 5.41) is 0. The molecule has 2 aliphatic carbocycles. The topological polar surface area (TPSA) is 0 Å². The van der Waals surface area contributed by atoms with Crippen LogP contribution in [0.15, 0.2) is 35.5 Å². The Morgan fingerprint density at radius 1 is 1.19 bits per heavy atom. The maximum atomic E-state index is 3.25. The van der Waals surface area contributed by atoms with Crippen LogP contribution in [0.3, 0.4) is 0 Å². The van der Waals surface area contributed by atoms with E-state index in [0.717, 1.165) is 12.8 Å². The minimum Gasteiger partial charge on any atom is -0.358 e. The molecule has 0 heterocycles. The van der Waals surface area contributed by atoms with Gasteiger partial charge in [0.1, 0.15) is 0 Å². The smallest absolute Gasteiger partial charge is 0.358 e. The Balaban J connectivity index is -0.000000169. The number of rotatable bonds is 0. The molecule has 2 aliphatic rings. The molecule has 0 atom stereocenters. The van der Waals surface area contributed by atoms with E-state index < -0.39 is 0 Å². The van der Waals surface area contributed by atoms with Crippen LogP contribution in [-0.4, -0.2) is 4.82 Å². The Morgan fingerprint density at radius 3 is 1.94 bits per heavy atom. The molecule has 0 spiro atoms. The second-order valence-corrected chi connectivity index (χ2v) is 2.99. The van der Waals surface area contributed by atoms with E-state index in [9.17, 15) is 0 Å². The summed E-state index contributed by atoms with van der Waals surface area (Å²) in [6.45, 7) is 4.27. The second kappa shape index (κ2) is 14.5. The fourth-order valence-electron chi connectivity index (χ4n) is 0.960. The van der Waals surface area contributed by atoms with Crippen LogP contribution in [0.25, 0.3) is 0 Å². The first-order valence-corrected chi connectivity index (χ1v) is 5.71. The molecule has 0 unspecified atom stereocenters. The molecular weight excluding hydrogens is 228 g/mol. The third kappa shape index (κ3) is 10.1. The van der Waals surface area contributed by atoms with Gasteiger partial charge in [0.05, 0.1) is 0 Å². The predicted octanol–water partition coefficient (Wildman–Crippen LogP) is 4.26. The summed E-state index contributed by atoms with van der Waals surface area (Å²) in [5.41, 5.74) is 2.85. The minimum absolute atomic E-state index is 0. The van der Waals surface area contributed by atoms with Gasteiger partial charge in [-0.15, -0.1) is 19.8 Å². The van der Waals surface area contributed by atoms with E-state index in [0.29, 0.717) is 0 Å². The molecule has 0 radical (unpaired) electrons. The Kier molecular flexibility index (Phi) is 19.0. The van der Waals surface area contributed by atoms with E-state index in [1.54, 1.807) is 20.0 Å². The van der Waals surface area contributed by atoms with Crippen molar-refractivity contribution in [2.24, 2.45) is 0 Å². The summed E-state index contributed by atoms with van der Waals surface area (Å²) in [4.78, 5) is 3.25. The summed E-state index contributed by atoms with van der Waals surface area (Å²) < 4.78 is 0. The molecular formula is C15H22Ti-4. The van der Waals surface area contributed by atoms with Crippen LogP contribution in [0.5, 0.6) is 0 Å². The fourth-order valence-corrected chi connectivity index (χ4v) is 0.960. The van der Waals surface area contributed by atoms with Crippen LogP contribution < -0.4 is 0 Å². The van der Waals surface area contributed by atoms with Crippen molar-refractivity contribution in [2.45, 2.75) is 26.7 Å². The molecule has 0 amide bonds. The number of hydrogen-bond acceptors (Lipinski definition) is 0. The monoisotopic (exact) mass is 250 g/mol. The minimum atomic E-state index is 0. The molecule has 0 saturated carbocycles. The van der Waals surface area contributed by atoms with E-state index in [1.807, 2.05) is 12.2 Å². The molecule has 0 bridgehead atoms. The van der Waals surface area contributed by atoms with Crippen molar-refractivity contribution in [2.75, 3.05) is 0 Å². The zero-order valence-corrected chi connectivity index (χ0v) is 12.5. The van der Waals surface area contributed by atoms with Gasteiger partial charge in [0.25, 0.3) is 0 Å². The molecule has 0 saturated heterocycles. The van der Waals surface area contributed by atoms with E-state index in [-0.39, 0.29) is 14.9 Å². The van der Waals surface area contributed by atoms with Crippen molar-refractivity contribution < 1.29 is 20.0 Å². The van der Waals surface area contributed by atoms with Crippen LogP contribution in [0, 0.1) is 27.0 Å². The van der Waals surface area contributed by atoms with Gasteiger partial charge < -0.3 is 14.9 Å². The molecule has 0 nitrogen and oxygen atoms in total. The molecule has 0 fully saturated rings. The van der Waals surface area contributed by atoms with Crippen molar-refractivity contribution in [3.8, 4) is 0 Å². The van der Waals surface area contributed by atoms with Gasteiger partial charge in [-0.2, -0.15) is 11.6 Å². The zero-order valence-electron chi connectivity index (χ0n) is 10.9. The normalized spacial score (nSPS) is 14.1. The van der Waals surface area contributed by atoms with Gasteiger partial charge in [-0.25, -0.2) is 23.8 Å². The molecule has 0 aromatic rings. The first-order valence-electron chi connectivity index (χ1n) is 4.61. The van der Waals surface area contributed by atoms with E-state index in [1.165, 1.54) is 11.1 Å². The maximum absolute atomic E-state index is 3.25. The predicted molar refractivity (Wildman–Crippen MR) is 72.3 cm³/mol. The van der Waals surface area contributed by atoms with Gasteiger partial charge in [-0.1, -0.05) is 6.92 Å². The fraction of sp³-hybridized carbons (Fsp3) is 0.267. The zero-order chi connectivity index (χ0) is 10.8. The average Bonchev–Trinajstić information content (AvgIpc) is 2.86. The quantitative estimate of drug-likeness (QED) is 0.445. The van der Waals surface area contributed by atoms with E-state index in [4.69, 9.17) is 0 Å². The largest absolute Gasteiger partial charge is 0.358 e. The Morgan fingerprint density at radius 2 is 1.81 bits per heavy atom. The molecule has 1 heteroatoms. The standard InChI is InChI=1S/C7H9.C5H5.2CH3.CH2.Ti/c1-6-4-3-5-7(6)2;1-2-4-5-3-1;;;;/h4H,5H2,1-2H3;1-3H,4H2;2*1H3;1H2;/q4*-1;;. The van der Waals surface area contributed by atoms with Gasteiger partial charge >= 0.3 is 24.8 Å². The summed E-state index contributed by atoms with van der Waals surface area (Å²) in [6.07, 6.45) is 16.2. The van der Waals surface area contributed by atoms with Crippen LogP contribution in [0.2, 0.25) is 0 Å². The summed E-state index contributed by atoms with van der Waals surface area (Å²) in [5.74, 6) is 0. The number of allylic oxidation sites excluding steroid dienone is 8. The molecule has 0 aliphatic heterocycles. The van der Waals surface area contributed by atoms with E-state index >= 15 is 0 Å². The Labute approximate surface area is 114 Å². The molecule has 90 valence electrons. The first kappa shape index (κ1) is 20.9. The summed E-state index contributed by atoms with van der Waals surface area (Å²) in [7, 11) is 0. The third-order valence-corrected chi connectivity index (χ3v) is 1.94. The van der Waals surface area contributed by atoms with Gasteiger partial charge in [-0.05, 0) is 0 Å². The Hall–Kier alpha value is -0.456. The molecule has 16 heavy (non-hydrogen) atoms. The van der Waals surface area contributed by atoms with Gasteiger partial charge in [-0.3, -0.25) is 12.2 Å². The second-order valence-electron chi connectivity index (χ2n) is 2.99. The van der Waals surface area contributed by atoms with Gasteiger partial charge in [0, 0.05) is 0 Å². The Bertz CT molecular complexity index is 257. The van der Waals surface area contributed by atoms with Crippen LogP contribution >= 0.6 is 0 Å². The first-order chi connectivity index (χ1) is 6.80. The van der Waals surface area contributed by atoms with Crippen molar-refractivity contribution in [1.82, 2.24) is 0 Å². The van der Waals surface area contributed by atoms with Crippen LogP contribution in [0.1, 0.15) is 26.7 Å². The molecule has 0 aromatic heterocycles. The SMILES string of the molecule is CC1=C(C)C[C-]=C1.[C-]1=CC=CC1.[CH2]=[Ti].[CH3-].[CH3-]. The maximum Gasteiger partial charge on any atom is -0.358 e. The number of hydrogen-bond donors (Lipinski definition) is 0. The van der Waals surface area contributed by atoms with Crippen LogP contribution in [0.4, 0.5) is 0 Å².